The number of ether oxygens (including phenoxy) is 2. The van der Waals surface area contributed by atoms with E-state index < -0.39 is 0 Å². The smallest absolute Gasteiger partial charge is 0.229 e. The molecule has 1 aliphatic rings. The van der Waals surface area contributed by atoms with Gasteiger partial charge in [0.15, 0.2) is 0 Å². The lowest BCUT2D eigenvalue weighted by atomic mass is 9.90. The number of aromatic nitrogens is 2. The van der Waals surface area contributed by atoms with Crippen molar-refractivity contribution in [3.05, 3.63) is 41.2 Å². The van der Waals surface area contributed by atoms with Crippen molar-refractivity contribution in [3.8, 4) is 5.75 Å². The van der Waals surface area contributed by atoms with E-state index >= 15 is 0 Å². The first-order valence-corrected chi connectivity index (χ1v) is 9.46. The first-order chi connectivity index (χ1) is 13.1. The lowest BCUT2D eigenvalue weighted by Gasteiger charge is -2.19. The minimum atomic E-state index is -0.190. The summed E-state index contributed by atoms with van der Waals surface area (Å²) in [6, 6.07) is 5.20. The molecule has 1 amide bonds. The fourth-order valence-electron chi connectivity index (χ4n) is 3.24. The summed E-state index contributed by atoms with van der Waals surface area (Å²) in [5.41, 5.74) is 1.63. The quantitative estimate of drug-likeness (QED) is 0.675. The zero-order valence-corrected chi connectivity index (χ0v) is 16.3. The van der Waals surface area contributed by atoms with Crippen LogP contribution in [0.25, 0.3) is 0 Å². The van der Waals surface area contributed by atoms with E-state index in [0.29, 0.717) is 42.8 Å². The Morgan fingerprint density at radius 2 is 2.26 bits per heavy atom. The van der Waals surface area contributed by atoms with Gasteiger partial charge in [-0.05, 0) is 30.7 Å². The van der Waals surface area contributed by atoms with E-state index in [0.717, 1.165) is 12.1 Å². The summed E-state index contributed by atoms with van der Waals surface area (Å²) in [5.74, 6) is 0.409. The van der Waals surface area contributed by atoms with Crippen LogP contribution in [0.5, 0.6) is 5.75 Å². The summed E-state index contributed by atoms with van der Waals surface area (Å²) in [4.78, 5) is 12.9. The van der Waals surface area contributed by atoms with Gasteiger partial charge in [0.2, 0.25) is 5.91 Å². The molecule has 2 aromatic rings. The van der Waals surface area contributed by atoms with Crippen LogP contribution in [0.4, 0.5) is 5.69 Å². The number of rotatable bonds is 8. The SMILES string of the molecule is CCOCCOc1ccc(Cl)cc1NC(=O)[C@H]1CNC[C@@H]1c1cnn(C)c1. The highest BCUT2D eigenvalue weighted by atomic mass is 35.5. The zero-order chi connectivity index (χ0) is 19.2. The summed E-state index contributed by atoms with van der Waals surface area (Å²) in [6.45, 7) is 4.83. The molecule has 1 aliphatic heterocycles. The average molecular weight is 393 g/mol. The number of hydrogen-bond donors (Lipinski definition) is 2. The molecule has 3 rings (SSSR count). The van der Waals surface area contributed by atoms with Crippen LogP contribution in [0.2, 0.25) is 5.02 Å². The van der Waals surface area contributed by atoms with E-state index in [-0.39, 0.29) is 17.7 Å². The monoisotopic (exact) mass is 392 g/mol. The van der Waals surface area contributed by atoms with Crippen LogP contribution in [-0.4, -0.2) is 48.6 Å². The Kier molecular flexibility index (Phi) is 6.71. The van der Waals surface area contributed by atoms with Crippen molar-refractivity contribution in [2.24, 2.45) is 13.0 Å². The zero-order valence-electron chi connectivity index (χ0n) is 15.6. The Hall–Kier alpha value is -2.09. The molecule has 0 aliphatic carbocycles. The minimum Gasteiger partial charge on any atom is -0.489 e. The molecule has 7 nitrogen and oxygen atoms in total. The molecular weight excluding hydrogens is 368 g/mol. The van der Waals surface area contributed by atoms with Crippen molar-refractivity contribution in [1.29, 1.82) is 0 Å². The summed E-state index contributed by atoms with van der Waals surface area (Å²) in [5, 5.41) is 11.0. The molecule has 146 valence electrons. The molecule has 2 heterocycles. The highest BCUT2D eigenvalue weighted by molar-refractivity contribution is 6.31. The number of benzene rings is 1. The third-order valence-electron chi connectivity index (χ3n) is 4.59. The van der Waals surface area contributed by atoms with Gasteiger partial charge in [0.25, 0.3) is 0 Å². The van der Waals surface area contributed by atoms with Gasteiger partial charge in [0.05, 0.1) is 24.4 Å². The van der Waals surface area contributed by atoms with Crippen LogP contribution in [0, 0.1) is 5.92 Å². The van der Waals surface area contributed by atoms with Crippen LogP contribution in [-0.2, 0) is 16.6 Å². The number of halogens is 1. The number of anilines is 1. The molecule has 2 atom stereocenters. The van der Waals surface area contributed by atoms with Gasteiger partial charge in [-0.1, -0.05) is 11.6 Å². The maximum atomic E-state index is 12.9. The largest absolute Gasteiger partial charge is 0.489 e. The molecular formula is C19H25ClN4O3. The second-order valence-electron chi connectivity index (χ2n) is 6.49. The van der Waals surface area contributed by atoms with Crippen LogP contribution in [0.15, 0.2) is 30.6 Å². The molecule has 0 saturated carbocycles. The fourth-order valence-corrected chi connectivity index (χ4v) is 3.41. The van der Waals surface area contributed by atoms with Gasteiger partial charge in [0, 0.05) is 43.9 Å². The Morgan fingerprint density at radius 3 is 3.00 bits per heavy atom. The third kappa shape index (κ3) is 5.00. The average Bonchev–Trinajstić information content (AvgIpc) is 3.29. The molecule has 0 bridgehead atoms. The highest BCUT2D eigenvalue weighted by Crippen LogP contribution is 2.32. The number of carbonyl (C=O) groups is 1. The maximum absolute atomic E-state index is 12.9. The van der Waals surface area contributed by atoms with Crippen molar-refractivity contribution < 1.29 is 14.3 Å². The number of carbonyl (C=O) groups excluding carboxylic acids is 1. The Morgan fingerprint density at radius 1 is 1.41 bits per heavy atom. The lowest BCUT2D eigenvalue weighted by Crippen LogP contribution is -2.28. The molecule has 8 heteroatoms. The molecule has 1 aromatic heterocycles. The summed E-state index contributed by atoms with van der Waals surface area (Å²) in [7, 11) is 1.87. The molecule has 1 saturated heterocycles. The van der Waals surface area contributed by atoms with E-state index in [1.165, 1.54) is 0 Å². The van der Waals surface area contributed by atoms with Gasteiger partial charge in [-0.15, -0.1) is 0 Å². The van der Waals surface area contributed by atoms with Gasteiger partial charge >= 0.3 is 0 Å². The number of nitrogens with one attached hydrogen (secondary N) is 2. The van der Waals surface area contributed by atoms with E-state index in [2.05, 4.69) is 15.7 Å². The van der Waals surface area contributed by atoms with Crippen LogP contribution in [0.1, 0.15) is 18.4 Å². The van der Waals surface area contributed by atoms with Crippen LogP contribution >= 0.6 is 11.6 Å². The topological polar surface area (TPSA) is 77.4 Å². The first kappa shape index (κ1) is 19.7. The molecule has 1 aromatic carbocycles. The number of aryl methyl sites for hydroxylation is 1. The number of amides is 1. The van der Waals surface area contributed by atoms with Crippen LogP contribution in [0.3, 0.4) is 0 Å². The van der Waals surface area contributed by atoms with Gasteiger partial charge in [0.1, 0.15) is 12.4 Å². The second kappa shape index (κ2) is 9.21. The lowest BCUT2D eigenvalue weighted by molar-refractivity contribution is -0.119. The number of nitrogens with zero attached hydrogens (tertiary/aromatic N) is 2. The Bertz CT molecular complexity index is 780. The van der Waals surface area contributed by atoms with Crippen molar-refractivity contribution in [2.45, 2.75) is 12.8 Å². The standard InChI is InChI=1S/C19H25ClN4O3/c1-3-26-6-7-27-18-5-4-14(20)8-17(18)23-19(25)16-11-21-10-15(16)13-9-22-24(2)12-13/h4-5,8-9,12,15-16,21H,3,6-7,10-11H2,1-2H3,(H,23,25)/t15-,16+/m1/s1. The molecule has 0 radical (unpaired) electrons. The van der Waals surface area contributed by atoms with E-state index in [4.69, 9.17) is 21.1 Å². The van der Waals surface area contributed by atoms with Crippen LogP contribution < -0.4 is 15.4 Å². The molecule has 2 N–H and O–H groups in total. The maximum Gasteiger partial charge on any atom is 0.229 e. The molecule has 0 spiro atoms. The van der Waals surface area contributed by atoms with Gasteiger partial charge in [-0.25, -0.2) is 0 Å². The summed E-state index contributed by atoms with van der Waals surface area (Å²) >= 11 is 6.12. The fraction of sp³-hybridized carbons (Fsp3) is 0.474. The van der Waals surface area contributed by atoms with Gasteiger partial charge in [-0.2, -0.15) is 5.10 Å². The summed E-state index contributed by atoms with van der Waals surface area (Å²) < 4.78 is 12.8. The van der Waals surface area contributed by atoms with Gasteiger partial charge < -0.3 is 20.1 Å². The second-order valence-corrected chi connectivity index (χ2v) is 6.93. The predicted octanol–water partition coefficient (Wildman–Crippen LogP) is 2.43. The molecule has 27 heavy (non-hydrogen) atoms. The van der Waals surface area contributed by atoms with Gasteiger partial charge in [-0.3, -0.25) is 9.48 Å². The van der Waals surface area contributed by atoms with E-state index in [9.17, 15) is 4.79 Å². The van der Waals surface area contributed by atoms with Crippen molar-refractivity contribution in [3.63, 3.8) is 0 Å². The highest BCUT2D eigenvalue weighted by Gasteiger charge is 2.35. The number of hydrogen-bond acceptors (Lipinski definition) is 5. The van der Waals surface area contributed by atoms with E-state index in [1.54, 1.807) is 22.9 Å². The summed E-state index contributed by atoms with van der Waals surface area (Å²) in [6.07, 6.45) is 3.78. The van der Waals surface area contributed by atoms with Crippen molar-refractivity contribution >= 4 is 23.2 Å². The third-order valence-corrected chi connectivity index (χ3v) is 4.83. The minimum absolute atomic E-state index is 0.0641. The Labute approximate surface area is 164 Å². The molecule has 0 unspecified atom stereocenters. The van der Waals surface area contributed by atoms with Crippen molar-refractivity contribution in [2.75, 3.05) is 38.2 Å². The normalized spacial score (nSPS) is 19.2. The Balaban J connectivity index is 1.70. The molecule has 1 fully saturated rings. The first-order valence-electron chi connectivity index (χ1n) is 9.08. The van der Waals surface area contributed by atoms with E-state index in [1.807, 2.05) is 26.4 Å². The predicted molar refractivity (Wildman–Crippen MR) is 104 cm³/mol. The van der Waals surface area contributed by atoms with Crippen molar-refractivity contribution in [1.82, 2.24) is 15.1 Å².